The predicted octanol–water partition coefficient (Wildman–Crippen LogP) is 2.92. The van der Waals surface area contributed by atoms with Gasteiger partial charge in [-0.25, -0.2) is 9.37 Å². The number of imidazole rings is 1. The third-order valence-electron chi connectivity index (χ3n) is 4.03. The Hall–Kier alpha value is -2.17. The second-order valence-electron chi connectivity index (χ2n) is 6.18. The lowest BCUT2D eigenvalue weighted by atomic mass is 9.98. The lowest BCUT2D eigenvalue weighted by Gasteiger charge is -2.39. The van der Waals surface area contributed by atoms with Gasteiger partial charge in [-0.3, -0.25) is 4.79 Å². The van der Waals surface area contributed by atoms with Crippen LogP contribution in [0.15, 0.2) is 36.7 Å². The molecule has 2 heterocycles. The molecule has 1 aromatic carbocycles. The second-order valence-corrected chi connectivity index (χ2v) is 6.18. The minimum atomic E-state index is -0.372. The van der Waals surface area contributed by atoms with E-state index in [0.29, 0.717) is 30.5 Å². The van der Waals surface area contributed by atoms with Crippen molar-refractivity contribution >= 4 is 5.91 Å². The summed E-state index contributed by atoms with van der Waals surface area (Å²) in [5.41, 5.74) is 0.420. The standard InChI is InChI=1S/C17H20FN3O/c1-12(2)16-19-6-7-20(16)9-13-10-21(11-13)17(22)14-4-3-5-15(18)8-14/h3-8,12-13H,9-11H2,1-2H3. The summed E-state index contributed by atoms with van der Waals surface area (Å²) < 4.78 is 15.3. The monoisotopic (exact) mass is 301 g/mol. The van der Waals surface area contributed by atoms with E-state index < -0.39 is 0 Å². The Morgan fingerprint density at radius 3 is 2.86 bits per heavy atom. The Morgan fingerprint density at radius 1 is 1.41 bits per heavy atom. The van der Waals surface area contributed by atoms with Crippen molar-refractivity contribution in [1.29, 1.82) is 0 Å². The van der Waals surface area contributed by atoms with Crippen LogP contribution in [0.1, 0.15) is 35.9 Å². The maximum absolute atomic E-state index is 13.2. The molecule has 0 N–H and O–H groups in total. The highest BCUT2D eigenvalue weighted by Gasteiger charge is 2.31. The fourth-order valence-corrected chi connectivity index (χ4v) is 2.91. The maximum Gasteiger partial charge on any atom is 0.253 e. The number of hydrogen-bond donors (Lipinski definition) is 0. The van der Waals surface area contributed by atoms with Crippen LogP contribution in [0.2, 0.25) is 0 Å². The second kappa shape index (κ2) is 5.91. The molecule has 1 saturated heterocycles. The van der Waals surface area contributed by atoms with E-state index in [-0.39, 0.29) is 11.7 Å². The minimum Gasteiger partial charge on any atom is -0.338 e. The molecule has 0 bridgehead atoms. The van der Waals surface area contributed by atoms with Crippen molar-refractivity contribution < 1.29 is 9.18 Å². The Kier molecular flexibility index (Phi) is 3.96. The average molecular weight is 301 g/mol. The fraction of sp³-hybridized carbons (Fsp3) is 0.412. The number of amides is 1. The van der Waals surface area contributed by atoms with Crippen molar-refractivity contribution in [1.82, 2.24) is 14.5 Å². The molecule has 0 saturated carbocycles. The van der Waals surface area contributed by atoms with Crippen molar-refractivity contribution in [2.75, 3.05) is 13.1 Å². The predicted molar refractivity (Wildman–Crippen MR) is 82.1 cm³/mol. The first kappa shape index (κ1) is 14.8. The van der Waals surface area contributed by atoms with Gasteiger partial charge in [-0.05, 0) is 18.2 Å². The molecule has 3 rings (SSSR count). The normalized spacial score (nSPS) is 15.2. The van der Waals surface area contributed by atoms with Gasteiger partial charge in [-0.2, -0.15) is 0 Å². The molecule has 1 amide bonds. The summed E-state index contributed by atoms with van der Waals surface area (Å²) in [6, 6.07) is 5.87. The molecule has 5 heteroatoms. The molecule has 1 fully saturated rings. The van der Waals surface area contributed by atoms with Crippen molar-refractivity contribution in [2.24, 2.45) is 5.92 Å². The van der Waals surface area contributed by atoms with Crippen LogP contribution >= 0.6 is 0 Å². The van der Waals surface area contributed by atoms with Crippen LogP contribution in [0.3, 0.4) is 0 Å². The van der Waals surface area contributed by atoms with Crippen molar-refractivity contribution in [3.8, 4) is 0 Å². The number of halogens is 1. The van der Waals surface area contributed by atoms with E-state index in [4.69, 9.17) is 0 Å². The van der Waals surface area contributed by atoms with Gasteiger partial charge in [0.1, 0.15) is 11.6 Å². The highest BCUT2D eigenvalue weighted by Crippen LogP contribution is 2.22. The summed E-state index contributed by atoms with van der Waals surface area (Å²) in [5, 5.41) is 0. The molecule has 1 aliphatic heterocycles. The number of nitrogens with zero attached hydrogens (tertiary/aromatic N) is 3. The Morgan fingerprint density at radius 2 is 2.18 bits per heavy atom. The number of likely N-dealkylation sites (tertiary alicyclic amines) is 1. The number of aromatic nitrogens is 2. The minimum absolute atomic E-state index is 0.0922. The van der Waals surface area contributed by atoms with E-state index >= 15 is 0 Å². The van der Waals surface area contributed by atoms with Crippen LogP contribution in [0.25, 0.3) is 0 Å². The molecule has 0 unspecified atom stereocenters. The largest absolute Gasteiger partial charge is 0.338 e. The molecule has 0 spiro atoms. The third-order valence-corrected chi connectivity index (χ3v) is 4.03. The smallest absolute Gasteiger partial charge is 0.253 e. The topological polar surface area (TPSA) is 38.1 Å². The van der Waals surface area contributed by atoms with E-state index in [1.54, 1.807) is 17.0 Å². The first-order valence-corrected chi connectivity index (χ1v) is 7.60. The number of hydrogen-bond acceptors (Lipinski definition) is 2. The van der Waals surface area contributed by atoms with Gasteiger partial charge in [0.2, 0.25) is 0 Å². The van der Waals surface area contributed by atoms with Crippen LogP contribution < -0.4 is 0 Å². The molecule has 4 nitrogen and oxygen atoms in total. The number of rotatable bonds is 4. The number of carbonyl (C=O) groups excluding carboxylic acids is 1. The highest BCUT2D eigenvalue weighted by molar-refractivity contribution is 5.94. The van der Waals surface area contributed by atoms with E-state index in [0.717, 1.165) is 12.4 Å². The third kappa shape index (κ3) is 2.89. The summed E-state index contributed by atoms with van der Waals surface area (Å²) in [7, 11) is 0. The molecular weight excluding hydrogens is 281 g/mol. The fourth-order valence-electron chi connectivity index (χ4n) is 2.91. The van der Waals surface area contributed by atoms with Gasteiger partial charge in [0.15, 0.2) is 0 Å². The number of benzene rings is 1. The number of carbonyl (C=O) groups is 1. The SMILES string of the molecule is CC(C)c1nccn1CC1CN(C(=O)c2cccc(F)c2)C1. The summed E-state index contributed by atoms with van der Waals surface area (Å²) in [6.45, 7) is 6.55. The quantitative estimate of drug-likeness (QED) is 0.871. The highest BCUT2D eigenvalue weighted by atomic mass is 19.1. The zero-order valence-electron chi connectivity index (χ0n) is 12.9. The summed E-state index contributed by atoms with van der Waals surface area (Å²) >= 11 is 0. The molecule has 116 valence electrons. The van der Waals surface area contributed by atoms with Crippen LogP contribution in [-0.2, 0) is 6.54 Å². The molecule has 1 aliphatic rings. The Balaban J connectivity index is 1.58. The summed E-state index contributed by atoms with van der Waals surface area (Å²) in [5.74, 6) is 1.44. The van der Waals surface area contributed by atoms with Crippen molar-refractivity contribution in [3.05, 3.63) is 53.9 Å². The van der Waals surface area contributed by atoms with E-state index in [9.17, 15) is 9.18 Å². The maximum atomic E-state index is 13.2. The molecule has 0 radical (unpaired) electrons. The Bertz CT molecular complexity index is 674. The molecule has 22 heavy (non-hydrogen) atoms. The van der Waals surface area contributed by atoms with E-state index in [2.05, 4.69) is 23.4 Å². The van der Waals surface area contributed by atoms with Gasteiger partial charge in [0.05, 0.1) is 0 Å². The first-order valence-electron chi connectivity index (χ1n) is 7.60. The zero-order valence-corrected chi connectivity index (χ0v) is 12.9. The van der Waals surface area contributed by atoms with Gasteiger partial charge < -0.3 is 9.47 Å². The Labute approximate surface area is 129 Å². The van der Waals surface area contributed by atoms with Crippen molar-refractivity contribution in [3.63, 3.8) is 0 Å². The van der Waals surface area contributed by atoms with Crippen LogP contribution in [0, 0.1) is 11.7 Å². The van der Waals surface area contributed by atoms with Crippen LogP contribution in [0.4, 0.5) is 4.39 Å². The van der Waals surface area contributed by atoms with E-state index in [1.165, 1.54) is 12.1 Å². The summed E-state index contributed by atoms with van der Waals surface area (Å²) in [6.07, 6.45) is 3.82. The van der Waals surface area contributed by atoms with Gasteiger partial charge >= 0.3 is 0 Å². The van der Waals surface area contributed by atoms with Crippen LogP contribution in [0.5, 0.6) is 0 Å². The zero-order chi connectivity index (χ0) is 15.7. The van der Waals surface area contributed by atoms with Crippen LogP contribution in [-0.4, -0.2) is 33.4 Å². The first-order chi connectivity index (χ1) is 10.5. The molecular formula is C17H20FN3O. The van der Waals surface area contributed by atoms with Crippen molar-refractivity contribution in [2.45, 2.75) is 26.3 Å². The van der Waals surface area contributed by atoms with E-state index in [1.807, 2.05) is 12.4 Å². The summed E-state index contributed by atoms with van der Waals surface area (Å²) in [4.78, 5) is 18.4. The van der Waals surface area contributed by atoms with Gasteiger partial charge in [-0.15, -0.1) is 0 Å². The molecule has 0 aliphatic carbocycles. The van der Waals surface area contributed by atoms with Gasteiger partial charge in [0, 0.05) is 49.4 Å². The molecule has 1 aromatic heterocycles. The van der Waals surface area contributed by atoms with Gasteiger partial charge in [-0.1, -0.05) is 19.9 Å². The average Bonchev–Trinajstić information content (AvgIpc) is 2.90. The molecule has 0 atom stereocenters. The lowest BCUT2D eigenvalue weighted by Crippen LogP contribution is -2.51. The molecule has 2 aromatic rings. The lowest BCUT2D eigenvalue weighted by molar-refractivity contribution is 0.0466. The van der Waals surface area contributed by atoms with Gasteiger partial charge in [0.25, 0.3) is 5.91 Å².